The van der Waals surface area contributed by atoms with Crippen LogP contribution in [-0.2, 0) is 19.1 Å². The number of esters is 2. The SMILES string of the molecule is COC(=O)/C=C/c1ccc(-c2ccc(/C=C/C(=O)OC)cn2)nc1. The molecule has 0 saturated carbocycles. The van der Waals surface area contributed by atoms with Crippen molar-refractivity contribution in [2.45, 2.75) is 0 Å². The number of rotatable bonds is 5. The molecule has 24 heavy (non-hydrogen) atoms. The van der Waals surface area contributed by atoms with E-state index in [1.807, 2.05) is 24.3 Å². The van der Waals surface area contributed by atoms with E-state index in [9.17, 15) is 9.59 Å². The standard InChI is InChI=1S/C18H16N2O4/c1-23-17(21)9-5-13-3-7-15(19-11-13)16-8-4-14(12-20-16)6-10-18(22)24-2/h3-12H,1-2H3/b9-5+,10-6+. The van der Waals surface area contributed by atoms with Gasteiger partial charge in [-0.15, -0.1) is 0 Å². The molecule has 0 fully saturated rings. The highest BCUT2D eigenvalue weighted by atomic mass is 16.5. The number of nitrogens with zero attached hydrogens (tertiary/aromatic N) is 2. The first-order valence-corrected chi connectivity index (χ1v) is 7.07. The third-order valence-corrected chi connectivity index (χ3v) is 3.06. The molecule has 6 nitrogen and oxygen atoms in total. The maximum absolute atomic E-state index is 11.0. The summed E-state index contributed by atoms with van der Waals surface area (Å²) in [6.07, 6.45) is 9.19. The highest BCUT2D eigenvalue weighted by Crippen LogP contribution is 2.16. The maximum atomic E-state index is 11.0. The zero-order valence-electron chi connectivity index (χ0n) is 13.3. The predicted octanol–water partition coefficient (Wildman–Crippen LogP) is 2.52. The molecule has 0 unspecified atom stereocenters. The Hall–Kier alpha value is -3.28. The van der Waals surface area contributed by atoms with Gasteiger partial charge in [0, 0.05) is 24.5 Å². The zero-order valence-corrected chi connectivity index (χ0v) is 13.3. The topological polar surface area (TPSA) is 78.4 Å². The number of carbonyl (C=O) groups is 2. The Labute approximate surface area is 139 Å². The molecule has 2 rings (SSSR count). The third-order valence-electron chi connectivity index (χ3n) is 3.06. The van der Waals surface area contributed by atoms with Gasteiger partial charge >= 0.3 is 11.9 Å². The van der Waals surface area contributed by atoms with Crippen molar-refractivity contribution in [3.63, 3.8) is 0 Å². The van der Waals surface area contributed by atoms with Crippen LogP contribution in [-0.4, -0.2) is 36.1 Å². The molecule has 0 aliphatic rings. The lowest BCUT2D eigenvalue weighted by Crippen LogP contribution is -1.94. The Morgan fingerprint density at radius 3 is 1.50 bits per heavy atom. The summed E-state index contributed by atoms with van der Waals surface area (Å²) in [4.78, 5) is 30.7. The van der Waals surface area contributed by atoms with E-state index in [-0.39, 0.29) is 0 Å². The Bertz CT molecular complexity index is 695. The first-order valence-electron chi connectivity index (χ1n) is 7.07. The Morgan fingerprint density at radius 2 is 1.21 bits per heavy atom. The van der Waals surface area contributed by atoms with Crippen LogP contribution >= 0.6 is 0 Å². The monoisotopic (exact) mass is 324 g/mol. The predicted molar refractivity (Wildman–Crippen MR) is 89.6 cm³/mol. The molecule has 0 saturated heterocycles. The molecule has 6 heteroatoms. The molecule has 0 bridgehead atoms. The summed E-state index contributed by atoms with van der Waals surface area (Å²) >= 11 is 0. The maximum Gasteiger partial charge on any atom is 0.330 e. The van der Waals surface area contributed by atoms with Crippen molar-refractivity contribution in [1.82, 2.24) is 9.97 Å². The van der Waals surface area contributed by atoms with Crippen LogP contribution in [0.25, 0.3) is 23.5 Å². The van der Waals surface area contributed by atoms with Gasteiger partial charge < -0.3 is 9.47 Å². The van der Waals surface area contributed by atoms with Gasteiger partial charge in [-0.2, -0.15) is 0 Å². The number of ether oxygens (including phenoxy) is 2. The molecule has 0 radical (unpaired) electrons. The van der Waals surface area contributed by atoms with Crippen molar-refractivity contribution in [3.05, 3.63) is 59.9 Å². The van der Waals surface area contributed by atoms with Crippen molar-refractivity contribution in [2.75, 3.05) is 14.2 Å². The summed E-state index contributed by atoms with van der Waals surface area (Å²) in [5, 5.41) is 0. The van der Waals surface area contributed by atoms with Gasteiger partial charge in [-0.25, -0.2) is 9.59 Å². The minimum atomic E-state index is -0.420. The van der Waals surface area contributed by atoms with Crippen molar-refractivity contribution in [2.24, 2.45) is 0 Å². The minimum absolute atomic E-state index is 0.420. The van der Waals surface area contributed by atoms with Crippen molar-refractivity contribution in [1.29, 1.82) is 0 Å². The highest BCUT2D eigenvalue weighted by molar-refractivity contribution is 5.87. The van der Waals surface area contributed by atoms with E-state index in [0.29, 0.717) is 11.4 Å². The lowest BCUT2D eigenvalue weighted by molar-refractivity contribution is -0.135. The Balaban J connectivity index is 2.09. The number of pyridine rings is 2. The zero-order chi connectivity index (χ0) is 17.4. The minimum Gasteiger partial charge on any atom is -0.466 e. The first kappa shape index (κ1) is 17.1. The Morgan fingerprint density at radius 1 is 0.792 bits per heavy atom. The summed E-state index contributed by atoms with van der Waals surface area (Å²) in [6, 6.07) is 7.27. The lowest BCUT2D eigenvalue weighted by atomic mass is 10.2. The molecule has 122 valence electrons. The summed E-state index contributed by atoms with van der Waals surface area (Å²) in [5.74, 6) is -0.840. The van der Waals surface area contributed by atoms with Crippen LogP contribution in [0.4, 0.5) is 0 Å². The molecule has 0 spiro atoms. The molecule has 2 aromatic rings. The third kappa shape index (κ3) is 4.88. The fourth-order valence-electron chi connectivity index (χ4n) is 1.78. The van der Waals surface area contributed by atoms with Crippen LogP contribution in [0.5, 0.6) is 0 Å². The van der Waals surface area contributed by atoms with Crippen LogP contribution in [0.2, 0.25) is 0 Å². The summed E-state index contributed by atoms with van der Waals surface area (Å²) < 4.78 is 9.05. The number of methoxy groups -OCH3 is 2. The van der Waals surface area contributed by atoms with Crippen LogP contribution < -0.4 is 0 Å². The van der Waals surface area contributed by atoms with E-state index in [1.54, 1.807) is 24.5 Å². The summed E-state index contributed by atoms with van der Waals surface area (Å²) in [5.41, 5.74) is 2.96. The van der Waals surface area contributed by atoms with E-state index < -0.39 is 11.9 Å². The van der Waals surface area contributed by atoms with Gasteiger partial charge in [-0.05, 0) is 35.4 Å². The van der Waals surface area contributed by atoms with E-state index >= 15 is 0 Å². The quantitative estimate of drug-likeness (QED) is 0.621. The fourth-order valence-corrected chi connectivity index (χ4v) is 1.78. The van der Waals surface area contributed by atoms with Gasteiger partial charge in [0.15, 0.2) is 0 Å². The smallest absolute Gasteiger partial charge is 0.330 e. The number of hydrogen-bond donors (Lipinski definition) is 0. The second-order valence-electron chi connectivity index (χ2n) is 4.67. The molecule has 0 aliphatic carbocycles. The van der Waals surface area contributed by atoms with Gasteiger partial charge in [0.05, 0.1) is 25.6 Å². The molecule has 2 aromatic heterocycles. The number of carbonyl (C=O) groups excluding carboxylic acids is 2. The summed E-state index contributed by atoms with van der Waals surface area (Å²) in [6.45, 7) is 0. The molecular weight excluding hydrogens is 308 g/mol. The van der Waals surface area contributed by atoms with Gasteiger partial charge in [0.25, 0.3) is 0 Å². The fraction of sp³-hybridized carbons (Fsp3) is 0.111. The van der Waals surface area contributed by atoms with Crippen molar-refractivity contribution >= 4 is 24.1 Å². The van der Waals surface area contributed by atoms with E-state index in [1.165, 1.54) is 26.4 Å². The number of aromatic nitrogens is 2. The van der Waals surface area contributed by atoms with Gasteiger partial charge in [-0.1, -0.05) is 12.1 Å². The highest BCUT2D eigenvalue weighted by Gasteiger charge is 2.01. The van der Waals surface area contributed by atoms with Crippen LogP contribution in [0.1, 0.15) is 11.1 Å². The lowest BCUT2D eigenvalue weighted by Gasteiger charge is -2.01. The molecule has 0 aliphatic heterocycles. The number of hydrogen-bond acceptors (Lipinski definition) is 6. The van der Waals surface area contributed by atoms with Gasteiger partial charge in [0.2, 0.25) is 0 Å². The first-order chi connectivity index (χ1) is 11.6. The van der Waals surface area contributed by atoms with Crippen molar-refractivity contribution < 1.29 is 19.1 Å². The summed E-state index contributed by atoms with van der Waals surface area (Å²) in [7, 11) is 2.65. The van der Waals surface area contributed by atoms with E-state index in [4.69, 9.17) is 0 Å². The largest absolute Gasteiger partial charge is 0.466 e. The molecule has 0 N–H and O–H groups in total. The Kier molecular flexibility index (Phi) is 5.96. The molecule has 2 heterocycles. The molecular formula is C18H16N2O4. The molecule has 0 aromatic carbocycles. The second-order valence-corrected chi connectivity index (χ2v) is 4.67. The van der Waals surface area contributed by atoms with E-state index in [0.717, 1.165) is 11.1 Å². The van der Waals surface area contributed by atoms with Gasteiger partial charge in [0.1, 0.15) is 0 Å². The second kappa shape index (κ2) is 8.38. The van der Waals surface area contributed by atoms with E-state index in [2.05, 4.69) is 19.4 Å². The van der Waals surface area contributed by atoms with Crippen LogP contribution in [0.15, 0.2) is 48.8 Å². The molecule has 0 atom stereocenters. The van der Waals surface area contributed by atoms with Crippen LogP contribution in [0, 0.1) is 0 Å². The van der Waals surface area contributed by atoms with Gasteiger partial charge in [-0.3, -0.25) is 9.97 Å². The van der Waals surface area contributed by atoms with Crippen LogP contribution in [0.3, 0.4) is 0 Å². The normalized spacial score (nSPS) is 10.9. The molecule has 0 amide bonds. The average Bonchev–Trinajstić information content (AvgIpc) is 2.65. The average molecular weight is 324 g/mol. The van der Waals surface area contributed by atoms with Crippen molar-refractivity contribution in [3.8, 4) is 11.4 Å².